The van der Waals surface area contributed by atoms with E-state index in [9.17, 15) is 10.5 Å². The Morgan fingerprint density at radius 1 is 0.852 bits per heavy atom. The van der Waals surface area contributed by atoms with Crippen LogP contribution < -0.4 is 0 Å². The lowest BCUT2D eigenvalue weighted by Crippen LogP contribution is -2.10. The van der Waals surface area contributed by atoms with E-state index in [1.54, 1.807) is 6.07 Å². The van der Waals surface area contributed by atoms with Crippen LogP contribution in [0.15, 0.2) is 53.6 Å². The van der Waals surface area contributed by atoms with Crippen molar-refractivity contribution in [1.29, 1.82) is 10.5 Å². The number of benzene rings is 2. The zero-order valence-corrected chi connectivity index (χ0v) is 16.5. The summed E-state index contributed by atoms with van der Waals surface area (Å²) in [5, 5.41) is 18.7. The molecule has 0 fully saturated rings. The molecule has 0 spiro atoms. The Kier molecular flexibility index (Phi) is 5.48. The summed E-state index contributed by atoms with van der Waals surface area (Å²) >= 11 is 0. The summed E-state index contributed by atoms with van der Waals surface area (Å²) in [4.78, 5) is 0. The minimum atomic E-state index is 0.176. The summed E-state index contributed by atoms with van der Waals surface area (Å²) in [6.45, 7) is 6.71. The zero-order chi connectivity index (χ0) is 19.4. The normalized spacial score (nSPS) is 14.1. The van der Waals surface area contributed by atoms with E-state index < -0.39 is 0 Å². The molecule has 0 saturated carbocycles. The minimum Gasteiger partial charge on any atom is -0.192 e. The molecule has 1 aliphatic rings. The first kappa shape index (κ1) is 18.9. The van der Waals surface area contributed by atoms with Gasteiger partial charge >= 0.3 is 0 Å². The van der Waals surface area contributed by atoms with E-state index in [0.717, 1.165) is 31.2 Å². The molecule has 0 saturated heterocycles. The smallest absolute Gasteiger partial charge is 0.101 e. The fourth-order valence-corrected chi connectivity index (χ4v) is 3.87. The highest BCUT2D eigenvalue weighted by Crippen LogP contribution is 2.32. The lowest BCUT2D eigenvalue weighted by Gasteiger charge is -2.19. The lowest BCUT2D eigenvalue weighted by molar-refractivity contribution is 0.590. The van der Waals surface area contributed by atoms with Crippen LogP contribution in [-0.4, -0.2) is 0 Å². The molecule has 1 aliphatic carbocycles. The highest BCUT2D eigenvalue weighted by atomic mass is 14.3. The van der Waals surface area contributed by atoms with E-state index in [-0.39, 0.29) is 5.41 Å². The monoisotopic (exact) mass is 354 g/mol. The second-order valence-corrected chi connectivity index (χ2v) is 8.42. The topological polar surface area (TPSA) is 47.6 Å². The van der Waals surface area contributed by atoms with Gasteiger partial charge in [-0.25, -0.2) is 0 Å². The van der Waals surface area contributed by atoms with E-state index >= 15 is 0 Å². The number of rotatable bonds is 4. The summed E-state index contributed by atoms with van der Waals surface area (Å²) in [7, 11) is 0. The van der Waals surface area contributed by atoms with Crippen molar-refractivity contribution in [3.8, 4) is 12.1 Å². The maximum Gasteiger partial charge on any atom is 0.101 e. The summed E-state index contributed by atoms with van der Waals surface area (Å²) in [6.07, 6.45) is 5.19. The van der Waals surface area contributed by atoms with Crippen LogP contribution in [-0.2, 0) is 18.3 Å². The average Bonchev–Trinajstić information content (AvgIpc) is 3.08. The number of allylic oxidation sites excluding steroid dienone is 2. The van der Waals surface area contributed by atoms with Crippen LogP contribution in [0.2, 0.25) is 0 Å². The molecule has 2 aromatic rings. The fourth-order valence-electron chi connectivity index (χ4n) is 3.87. The second kappa shape index (κ2) is 7.81. The Balaban J connectivity index is 1.83. The van der Waals surface area contributed by atoms with Crippen LogP contribution in [0, 0.1) is 22.7 Å². The Morgan fingerprint density at radius 2 is 1.52 bits per heavy atom. The van der Waals surface area contributed by atoms with Crippen LogP contribution in [0.5, 0.6) is 0 Å². The maximum atomic E-state index is 9.48. The molecule has 0 N–H and O–H groups in total. The van der Waals surface area contributed by atoms with Crippen LogP contribution in [0.1, 0.15) is 67.9 Å². The molecular weight excluding hydrogens is 328 g/mol. The molecule has 0 atom stereocenters. The highest BCUT2D eigenvalue weighted by Gasteiger charge is 2.18. The molecule has 3 rings (SSSR count). The van der Waals surface area contributed by atoms with Crippen molar-refractivity contribution in [3.63, 3.8) is 0 Å². The average molecular weight is 354 g/mol. The highest BCUT2D eigenvalue weighted by molar-refractivity contribution is 5.51. The van der Waals surface area contributed by atoms with Gasteiger partial charge < -0.3 is 0 Å². The van der Waals surface area contributed by atoms with Crippen molar-refractivity contribution in [3.05, 3.63) is 81.4 Å². The van der Waals surface area contributed by atoms with Crippen LogP contribution in [0.4, 0.5) is 0 Å². The quantitative estimate of drug-likeness (QED) is 0.633. The molecule has 0 amide bonds. The van der Waals surface area contributed by atoms with E-state index in [4.69, 9.17) is 0 Å². The molecule has 0 aliphatic heterocycles. The maximum absolute atomic E-state index is 9.48. The number of hydrogen-bond acceptors (Lipinski definition) is 2. The van der Waals surface area contributed by atoms with Crippen molar-refractivity contribution in [1.82, 2.24) is 0 Å². The first-order chi connectivity index (χ1) is 12.9. The van der Waals surface area contributed by atoms with Crippen LogP contribution in [0.25, 0.3) is 0 Å². The first-order valence-electron chi connectivity index (χ1n) is 9.63. The second-order valence-electron chi connectivity index (χ2n) is 8.42. The number of nitriles is 2. The van der Waals surface area contributed by atoms with Gasteiger partial charge in [0.2, 0.25) is 0 Å². The standard InChI is InChI=1S/C25H26N2/c1-25(2,3)23-12-10-18(11-13-23)14-19-6-4-7-20(19)15-21-8-5-9-22(16-26)24(21)17-27/h5,8-13H,4,6-7,14-15H2,1-3H3. The Bertz CT molecular complexity index is 942. The summed E-state index contributed by atoms with van der Waals surface area (Å²) in [5.74, 6) is 0. The predicted molar refractivity (Wildman–Crippen MR) is 109 cm³/mol. The molecule has 0 aromatic heterocycles. The van der Waals surface area contributed by atoms with E-state index in [2.05, 4.69) is 57.2 Å². The van der Waals surface area contributed by atoms with Crippen molar-refractivity contribution in [2.75, 3.05) is 0 Å². The molecule has 2 aromatic carbocycles. The Hall–Kier alpha value is -2.84. The molecule has 0 heterocycles. The van der Waals surface area contributed by atoms with Gasteiger partial charge in [0.05, 0.1) is 11.1 Å². The van der Waals surface area contributed by atoms with Gasteiger partial charge in [-0.2, -0.15) is 10.5 Å². The summed E-state index contributed by atoms with van der Waals surface area (Å²) < 4.78 is 0. The molecule has 27 heavy (non-hydrogen) atoms. The van der Waals surface area contributed by atoms with Crippen molar-refractivity contribution < 1.29 is 0 Å². The van der Waals surface area contributed by atoms with Gasteiger partial charge in [-0.05, 0) is 60.3 Å². The van der Waals surface area contributed by atoms with Gasteiger partial charge in [0, 0.05) is 0 Å². The van der Waals surface area contributed by atoms with E-state index in [0.29, 0.717) is 11.1 Å². The Morgan fingerprint density at radius 3 is 2.11 bits per heavy atom. The molecular formula is C25H26N2. The molecule has 0 radical (unpaired) electrons. The van der Waals surface area contributed by atoms with Crippen molar-refractivity contribution in [2.24, 2.45) is 0 Å². The van der Waals surface area contributed by atoms with Gasteiger partial charge in [-0.1, -0.05) is 68.3 Å². The minimum absolute atomic E-state index is 0.176. The fraction of sp³-hybridized carbons (Fsp3) is 0.360. The molecule has 2 nitrogen and oxygen atoms in total. The predicted octanol–water partition coefficient (Wildman–Crippen LogP) is 5.99. The van der Waals surface area contributed by atoms with Gasteiger partial charge in [-0.3, -0.25) is 0 Å². The number of nitrogens with zero attached hydrogens (tertiary/aromatic N) is 2. The Labute approximate surface area is 162 Å². The zero-order valence-electron chi connectivity index (χ0n) is 16.5. The van der Waals surface area contributed by atoms with Gasteiger partial charge in [0.15, 0.2) is 0 Å². The van der Waals surface area contributed by atoms with Crippen molar-refractivity contribution in [2.45, 2.75) is 58.3 Å². The first-order valence-corrected chi connectivity index (χ1v) is 9.63. The molecule has 136 valence electrons. The van der Waals surface area contributed by atoms with E-state index in [1.165, 1.54) is 28.7 Å². The van der Waals surface area contributed by atoms with Crippen molar-refractivity contribution >= 4 is 0 Å². The summed E-state index contributed by atoms with van der Waals surface area (Å²) in [5.41, 5.74) is 7.83. The van der Waals surface area contributed by atoms with Gasteiger partial charge in [0.1, 0.15) is 12.1 Å². The molecule has 0 unspecified atom stereocenters. The third-order valence-corrected chi connectivity index (χ3v) is 5.48. The number of hydrogen-bond donors (Lipinski definition) is 0. The SMILES string of the molecule is CC(C)(C)c1ccc(CC2=C(Cc3cccc(C#N)c3C#N)CCC2)cc1. The van der Waals surface area contributed by atoms with Gasteiger partial charge in [-0.15, -0.1) is 0 Å². The van der Waals surface area contributed by atoms with Crippen LogP contribution >= 0.6 is 0 Å². The van der Waals surface area contributed by atoms with Gasteiger partial charge in [0.25, 0.3) is 0 Å². The molecule has 0 bridgehead atoms. The third-order valence-electron chi connectivity index (χ3n) is 5.48. The van der Waals surface area contributed by atoms with E-state index in [1.807, 2.05) is 12.1 Å². The third kappa shape index (κ3) is 4.29. The van der Waals surface area contributed by atoms with Crippen LogP contribution in [0.3, 0.4) is 0 Å². The largest absolute Gasteiger partial charge is 0.192 e. The lowest BCUT2D eigenvalue weighted by atomic mass is 9.86. The molecule has 2 heteroatoms. The summed E-state index contributed by atoms with van der Waals surface area (Å²) in [6, 6.07) is 19.0.